The van der Waals surface area contributed by atoms with E-state index in [0.717, 1.165) is 23.5 Å². The number of aromatic nitrogens is 3. The molecule has 3 aromatic rings. The highest BCUT2D eigenvalue weighted by atomic mass is 32.1. The predicted octanol–water partition coefficient (Wildman–Crippen LogP) is 2.93. The Morgan fingerprint density at radius 1 is 1.24 bits per heavy atom. The maximum absolute atomic E-state index is 13.1. The molecule has 0 aliphatic heterocycles. The second-order valence-electron chi connectivity index (χ2n) is 4.20. The fourth-order valence-electron chi connectivity index (χ4n) is 1.72. The van der Waals surface area contributed by atoms with Gasteiger partial charge in [-0.2, -0.15) is 0 Å². The van der Waals surface area contributed by atoms with Crippen LogP contribution in [0.1, 0.15) is 16.3 Å². The molecule has 0 aliphatic carbocycles. The number of fused-ring (bicyclic) bond motifs is 1. The van der Waals surface area contributed by atoms with Crippen LogP contribution in [0.5, 0.6) is 0 Å². The number of anilines is 1. The van der Waals surface area contributed by atoms with Crippen molar-refractivity contribution in [1.82, 2.24) is 15.0 Å². The molecule has 5 nitrogen and oxygen atoms in total. The summed E-state index contributed by atoms with van der Waals surface area (Å²) in [6, 6.07) is 3.51. The van der Waals surface area contributed by atoms with Crippen molar-refractivity contribution in [1.29, 1.82) is 0 Å². The van der Waals surface area contributed by atoms with Crippen LogP contribution >= 0.6 is 11.3 Å². The molecule has 3 rings (SSSR count). The molecule has 2 heterocycles. The van der Waals surface area contributed by atoms with Gasteiger partial charge < -0.3 is 0 Å². The molecule has 0 aliphatic rings. The van der Waals surface area contributed by atoms with Crippen LogP contribution in [0.4, 0.5) is 13.9 Å². The van der Waals surface area contributed by atoms with Crippen molar-refractivity contribution in [3.63, 3.8) is 0 Å². The summed E-state index contributed by atoms with van der Waals surface area (Å²) in [5.41, 5.74) is 0.479. The fraction of sp³-hybridized carbons (Fsp3) is 0.0769. The van der Waals surface area contributed by atoms with Crippen LogP contribution in [-0.2, 0) is 0 Å². The van der Waals surface area contributed by atoms with Gasteiger partial charge in [0, 0.05) is 12.3 Å². The number of aryl methyl sites for hydroxylation is 1. The summed E-state index contributed by atoms with van der Waals surface area (Å²) in [6.45, 7) is 1.67. The molecule has 0 atom stereocenters. The minimum absolute atomic E-state index is 0.194. The Morgan fingerprint density at radius 2 is 2.00 bits per heavy atom. The Balaban J connectivity index is 1.89. The molecule has 0 spiro atoms. The zero-order chi connectivity index (χ0) is 15.0. The molecule has 21 heavy (non-hydrogen) atoms. The number of carbonyl (C=O) groups is 1. The van der Waals surface area contributed by atoms with Crippen LogP contribution in [-0.4, -0.2) is 20.9 Å². The average Bonchev–Trinajstić information content (AvgIpc) is 2.80. The number of rotatable bonds is 2. The number of hydrogen-bond acceptors (Lipinski definition) is 5. The lowest BCUT2D eigenvalue weighted by Crippen LogP contribution is -2.14. The topological polar surface area (TPSA) is 67.8 Å². The summed E-state index contributed by atoms with van der Waals surface area (Å²) >= 11 is 1.05. The Kier molecular flexibility index (Phi) is 3.30. The zero-order valence-electron chi connectivity index (χ0n) is 10.7. The van der Waals surface area contributed by atoms with Gasteiger partial charge in [-0.3, -0.25) is 10.1 Å². The highest BCUT2D eigenvalue weighted by molar-refractivity contribution is 7.22. The molecule has 1 aromatic carbocycles. The number of hydrogen-bond donors (Lipinski definition) is 1. The minimum atomic E-state index is -0.975. The first-order valence-corrected chi connectivity index (χ1v) is 6.71. The van der Waals surface area contributed by atoms with Crippen LogP contribution in [0.15, 0.2) is 24.4 Å². The smallest absolute Gasteiger partial charge is 0.276 e. The number of benzene rings is 1. The van der Waals surface area contributed by atoms with Gasteiger partial charge in [-0.05, 0) is 19.1 Å². The van der Waals surface area contributed by atoms with Gasteiger partial charge in [0.25, 0.3) is 5.91 Å². The van der Waals surface area contributed by atoms with E-state index in [4.69, 9.17) is 0 Å². The standard InChI is InChI=1S/C13H8F2N4OS/c1-6-16-3-2-9(17-6)12(20)19-13-18-10-4-7(14)8(15)5-11(10)21-13/h2-5H,1H3,(H,18,19,20). The average molecular weight is 306 g/mol. The van der Waals surface area contributed by atoms with Gasteiger partial charge in [0.2, 0.25) is 0 Å². The van der Waals surface area contributed by atoms with E-state index >= 15 is 0 Å². The molecule has 0 fully saturated rings. The Hall–Kier alpha value is -2.48. The molecule has 0 saturated heterocycles. The predicted molar refractivity (Wildman–Crippen MR) is 74.3 cm³/mol. The zero-order valence-corrected chi connectivity index (χ0v) is 11.5. The summed E-state index contributed by atoms with van der Waals surface area (Å²) in [4.78, 5) is 23.9. The van der Waals surface area contributed by atoms with E-state index in [1.54, 1.807) is 6.92 Å². The van der Waals surface area contributed by atoms with Gasteiger partial charge in [-0.25, -0.2) is 23.7 Å². The van der Waals surface area contributed by atoms with E-state index in [9.17, 15) is 13.6 Å². The number of halogens is 2. The van der Waals surface area contributed by atoms with Gasteiger partial charge in [0.1, 0.15) is 11.5 Å². The van der Waals surface area contributed by atoms with Crippen LogP contribution in [0.3, 0.4) is 0 Å². The highest BCUT2D eigenvalue weighted by Crippen LogP contribution is 2.27. The highest BCUT2D eigenvalue weighted by Gasteiger charge is 2.13. The third kappa shape index (κ3) is 2.70. The van der Waals surface area contributed by atoms with Gasteiger partial charge in [0.05, 0.1) is 10.2 Å². The molecule has 0 bridgehead atoms. The van der Waals surface area contributed by atoms with Crippen molar-refractivity contribution in [3.05, 3.63) is 47.5 Å². The third-order valence-electron chi connectivity index (χ3n) is 2.66. The van der Waals surface area contributed by atoms with Gasteiger partial charge in [-0.1, -0.05) is 11.3 Å². The Bertz CT molecular complexity index is 810. The maximum Gasteiger partial charge on any atom is 0.276 e. The number of nitrogens with one attached hydrogen (secondary N) is 1. The molecule has 106 valence electrons. The van der Waals surface area contributed by atoms with Crippen molar-refractivity contribution in [2.45, 2.75) is 6.92 Å². The summed E-state index contributed by atoms with van der Waals surface area (Å²) in [5, 5.41) is 2.79. The molecule has 1 N–H and O–H groups in total. The van der Waals surface area contributed by atoms with Crippen molar-refractivity contribution >= 4 is 32.6 Å². The van der Waals surface area contributed by atoms with Gasteiger partial charge >= 0.3 is 0 Å². The van der Waals surface area contributed by atoms with E-state index in [1.807, 2.05) is 0 Å². The molecule has 0 unspecified atom stereocenters. The van der Waals surface area contributed by atoms with Gasteiger partial charge in [0.15, 0.2) is 16.8 Å². The van der Waals surface area contributed by atoms with Crippen LogP contribution in [0.2, 0.25) is 0 Å². The van der Waals surface area contributed by atoms with E-state index in [-0.39, 0.29) is 16.3 Å². The fourth-order valence-corrected chi connectivity index (χ4v) is 2.59. The number of nitrogens with zero attached hydrogens (tertiary/aromatic N) is 3. The van der Waals surface area contributed by atoms with Crippen molar-refractivity contribution in [2.75, 3.05) is 5.32 Å². The first-order valence-electron chi connectivity index (χ1n) is 5.89. The summed E-state index contributed by atoms with van der Waals surface area (Å²) in [7, 11) is 0. The Morgan fingerprint density at radius 3 is 2.76 bits per heavy atom. The van der Waals surface area contributed by atoms with E-state index in [0.29, 0.717) is 10.5 Å². The van der Waals surface area contributed by atoms with Crippen molar-refractivity contribution < 1.29 is 13.6 Å². The van der Waals surface area contributed by atoms with Crippen LogP contribution in [0.25, 0.3) is 10.2 Å². The second kappa shape index (κ2) is 5.13. The number of thiazole rings is 1. The van der Waals surface area contributed by atoms with Crippen LogP contribution in [0, 0.1) is 18.6 Å². The lowest BCUT2D eigenvalue weighted by atomic mass is 10.3. The van der Waals surface area contributed by atoms with Crippen molar-refractivity contribution in [2.24, 2.45) is 0 Å². The summed E-state index contributed by atoms with van der Waals surface area (Å²) < 4.78 is 26.7. The summed E-state index contributed by atoms with van der Waals surface area (Å²) in [6.07, 6.45) is 1.47. The first-order chi connectivity index (χ1) is 10.0. The molecule has 8 heteroatoms. The number of amides is 1. The monoisotopic (exact) mass is 306 g/mol. The maximum atomic E-state index is 13.1. The largest absolute Gasteiger partial charge is 0.296 e. The molecule has 2 aromatic heterocycles. The molecular formula is C13H8F2N4OS. The third-order valence-corrected chi connectivity index (χ3v) is 3.59. The Labute approximate surface area is 121 Å². The normalized spacial score (nSPS) is 10.8. The molecule has 1 amide bonds. The van der Waals surface area contributed by atoms with Gasteiger partial charge in [-0.15, -0.1) is 0 Å². The van der Waals surface area contributed by atoms with E-state index in [1.165, 1.54) is 12.3 Å². The molecular weight excluding hydrogens is 298 g/mol. The quantitative estimate of drug-likeness (QED) is 0.790. The lowest BCUT2D eigenvalue weighted by molar-refractivity contribution is 0.102. The van der Waals surface area contributed by atoms with Crippen LogP contribution < -0.4 is 5.32 Å². The summed E-state index contributed by atoms with van der Waals surface area (Å²) in [5.74, 6) is -1.91. The SMILES string of the molecule is Cc1nccc(C(=O)Nc2nc3cc(F)c(F)cc3s2)n1. The lowest BCUT2D eigenvalue weighted by Gasteiger charge is -2.00. The molecule has 0 radical (unpaired) electrons. The first kappa shape index (κ1) is 13.5. The number of carbonyl (C=O) groups excluding carboxylic acids is 1. The molecule has 0 saturated carbocycles. The van der Waals surface area contributed by atoms with Crippen molar-refractivity contribution in [3.8, 4) is 0 Å². The van der Waals surface area contributed by atoms with E-state index in [2.05, 4.69) is 20.3 Å². The van der Waals surface area contributed by atoms with E-state index < -0.39 is 17.5 Å². The second-order valence-corrected chi connectivity index (χ2v) is 5.23. The minimum Gasteiger partial charge on any atom is -0.296 e.